The summed E-state index contributed by atoms with van der Waals surface area (Å²) in [5, 5.41) is 0. The highest BCUT2D eigenvalue weighted by molar-refractivity contribution is 5.78. The van der Waals surface area contributed by atoms with E-state index < -0.39 is 0 Å². The van der Waals surface area contributed by atoms with Crippen LogP contribution in [0, 0.1) is 0 Å². The van der Waals surface area contributed by atoms with Crippen LogP contribution in [-0.2, 0) is 9.53 Å². The van der Waals surface area contributed by atoms with Crippen molar-refractivity contribution in [3.8, 4) is 5.75 Å². The summed E-state index contributed by atoms with van der Waals surface area (Å²) in [5.74, 6) is 0.942. The molecule has 4 heteroatoms. The first-order chi connectivity index (χ1) is 9.26. The van der Waals surface area contributed by atoms with Crippen LogP contribution in [0.2, 0.25) is 0 Å². The van der Waals surface area contributed by atoms with Gasteiger partial charge in [-0.1, -0.05) is 12.1 Å². The molecule has 4 nitrogen and oxygen atoms in total. The van der Waals surface area contributed by atoms with Gasteiger partial charge in [-0.05, 0) is 37.5 Å². The van der Waals surface area contributed by atoms with E-state index in [4.69, 9.17) is 9.47 Å². The Morgan fingerprint density at radius 2 is 2.11 bits per heavy atom. The molecule has 19 heavy (non-hydrogen) atoms. The van der Waals surface area contributed by atoms with E-state index in [0.717, 1.165) is 25.1 Å². The fourth-order valence-corrected chi connectivity index (χ4v) is 2.57. The summed E-state index contributed by atoms with van der Waals surface area (Å²) in [6.45, 7) is 3.62. The molecule has 0 N–H and O–H groups in total. The van der Waals surface area contributed by atoms with Crippen LogP contribution in [-0.4, -0.2) is 37.7 Å². The fraction of sp³-hybridized carbons (Fsp3) is 0.533. The van der Waals surface area contributed by atoms with Crippen molar-refractivity contribution < 1.29 is 14.3 Å². The monoisotopic (exact) mass is 263 g/mol. The molecular weight excluding hydrogens is 242 g/mol. The Labute approximate surface area is 114 Å². The van der Waals surface area contributed by atoms with Crippen molar-refractivity contribution in [3.63, 3.8) is 0 Å². The first-order valence-corrected chi connectivity index (χ1v) is 6.77. The van der Waals surface area contributed by atoms with E-state index in [1.165, 1.54) is 5.56 Å². The van der Waals surface area contributed by atoms with E-state index in [1.807, 2.05) is 36.1 Å². The second kappa shape index (κ2) is 6.57. The summed E-state index contributed by atoms with van der Waals surface area (Å²) in [6, 6.07) is 8.22. The van der Waals surface area contributed by atoms with Crippen LogP contribution in [0.1, 0.15) is 31.4 Å². The van der Waals surface area contributed by atoms with Crippen molar-refractivity contribution in [1.29, 1.82) is 0 Å². The molecule has 0 saturated carbocycles. The molecule has 1 aliphatic rings. The Morgan fingerprint density at radius 1 is 1.37 bits per heavy atom. The minimum atomic E-state index is 0.0684. The predicted octanol–water partition coefficient (Wildman–Crippen LogP) is 2.40. The van der Waals surface area contributed by atoms with E-state index in [2.05, 4.69) is 0 Å². The SMILES string of the molecule is CCOc1ccc([C@H]2CCCN2C(=O)COC)cc1. The van der Waals surface area contributed by atoms with Crippen LogP contribution in [0.25, 0.3) is 0 Å². The van der Waals surface area contributed by atoms with Gasteiger partial charge in [0.05, 0.1) is 12.6 Å². The Bertz CT molecular complexity index is 416. The number of rotatable bonds is 5. The number of benzene rings is 1. The third kappa shape index (κ3) is 3.26. The number of likely N-dealkylation sites (tertiary alicyclic amines) is 1. The van der Waals surface area contributed by atoms with Gasteiger partial charge in [-0.25, -0.2) is 0 Å². The molecule has 1 atom stereocenters. The number of ether oxygens (including phenoxy) is 2. The normalized spacial score (nSPS) is 18.6. The first-order valence-electron chi connectivity index (χ1n) is 6.77. The summed E-state index contributed by atoms with van der Waals surface area (Å²) in [5.41, 5.74) is 1.17. The molecular formula is C15H21NO3. The number of carbonyl (C=O) groups is 1. The van der Waals surface area contributed by atoms with Crippen LogP contribution < -0.4 is 4.74 Å². The smallest absolute Gasteiger partial charge is 0.249 e. The van der Waals surface area contributed by atoms with E-state index in [9.17, 15) is 4.79 Å². The summed E-state index contributed by atoms with van der Waals surface area (Å²) < 4.78 is 10.4. The molecule has 1 aliphatic heterocycles. The molecule has 0 aliphatic carbocycles. The molecule has 1 aromatic carbocycles. The lowest BCUT2D eigenvalue weighted by Crippen LogP contribution is -2.33. The Balaban J connectivity index is 2.09. The first kappa shape index (κ1) is 13.9. The molecule has 104 valence electrons. The average Bonchev–Trinajstić information content (AvgIpc) is 2.89. The standard InChI is InChI=1S/C15H21NO3/c1-3-19-13-8-6-12(7-9-13)14-5-4-10-16(14)15(17)11-18-2/h6-9,14H,3-5,10-11H2,1-2H3/t14-/m1/s1. The van der Waals surface area contributed by atoms with Gasteiger partial charge < -0.3 is 14.4 Å². The lowest BCUT2D eigenvalue weighted by molar-refractivity contribution is -0.136. The van der Waals surface area contributed by atoms with Gasteiger partial charge in [-0.2, -0.15) is 0 Å². The van der Waals surface area contributed by atoms with Crippen molar-refractivity contribution in [2.24, 2.45) is 0 Å². The average molecular weight is 263 g/mol. The lowest BCUT2D eigenvalue weighted by Gasteiger charge is -2.25. The van der Waals surface area contributed by atoms with Crippen molar-refractivity contribution in [2.75, 3.05) is 26.9 Å². The van der Waals surface area contributed by atoms with Crippen LogP contribution in [0.3, 0.4) is 0 Å². The summed E-state index contributed by atoms with van der Waals surface area (Å²) in [6.07, 6.45) is 2.07. The van der Waals surface area contributed by atoms with Gasteiger partial charge in [0, 0.05) is 13.7 Å². The molecule has 0 unspecified atom stereocenters. The van der Waals surface area contributed by atoms with Crippen LogP contribution >= 0.6 is 0 Å². The highest BCUT2D eigenvalue weighted by atomic mass is 16.5. The largest absolute Gasteiger partial charge is 0.494 e. The molecule has 1 aromatic rings. The second-order valence-corrected chi connectivity index (χ2v) is 4.68. The van der Waals surface area contributed by atoms with Gasteiger partial charge in [0.15, 0.2) is 0 Å². The van der Waals surface area contributed by atoms with Crippen molar-refractivity contribution in [3.05, 3.63) is 29.8 Å². The van der Waals surface area contributed by atoms with Crippen molar-refractivity contribution >= 4 is 5.91 Å². The fourth-order valence-electron chi connectivity index (χ4n) is 2.57. The zero-order valence-electron chi connectivity index (χ0n) is 11.6. The van der Waals surface area contributed by atoms with Gasteiger partial charge in [-0.3, -0.25) is 4.79 Å². The number of hydrogen-bond acceptors (Lipinski definition) is 3. The van der Waals surface area contributed by atoms with Gasteiger partial charge in [0.25, 0.3) is 0 Å². The molecule has 0 radical (unpaired) electrons. The predicted molar refractivity (Wildman–Crippen MR) is 73.2 cm³/mol. The molecule has 1 fully saturated rings. The highest BCUT2D eigenvalue weighted by Gasteiger charge is 2.29. The quantitative estimate of drug-likeness (QED) is 0.818. The van der Waals surface area contributed by atoms with Crippen LogP contribution in [0.4, 0.5) is 0 Å². The topological polar surface area (TPSA) is 38.8 Å². The molecule has 0 spiro atoms. The van der Waals surface area contributed by atoms with E-state index in [-0.39, 0.29) is 18.6 Å². The summed E-state index contributed by atoms with van der Waals surface area (Å²) in [7, 11) is 1.56. The van der Waals surface area contributed by atoms with Gasteiger partial charge in [-0.15, -0.1) is 0 Å². The van der Waals surface area contributed by atoms with Crippen LogP contribution in [0.5, 0.6) is 5.75 Å². The van der Waals surface area contributed by atoms with E-state index >= 15 is 0 Å². The maximum atomic E-state index is 12.0. The van der Waals surface area contributed by atoms with E-state index in [0.29, 0.717) is 6.61 Å². The molecule has 1 saturated heterocycles. The van der Waals surface area contributed by atoms with Crippen molar-refractivity contribution in [2.45, 2.75) is 25.8 Å². The molecule has 1 amide bonds. The zero-order valence-corrected chi connectivity index (χ0v) is 11.6. The Kier molecular flexibility index (Phi) is 4.80. The maximum Gasteiger partial charge on any atom is 0.249 e. The molecule has 0 aromatic heterocycles. The number of carbonyl (C=O) groups excluding carboxylic acids is 1. The highest BCUT2D eigenvalue weighted by Crippen LogP contribution is 2.32. The maximum absolute atomic E-state index is 12.0. The van der Waals surface area contributed by atoms with Crippen molar-refractivity contribution in [1.82, 2.24) is 4.90 Å². The second-order valence-electron chi connectivity index (χ2n) is 4.68. The van der Waals surface area contributed by atoms with E-state index in [1.54, 1.807) is 7.11 Å². The number of hydrogen-bond donors (Lipinski definition) is 0. The zero-order chi connectivity index (χ0) is 13.7. The van der Waals surface area contributed by atoms with Gasteiger partial charge in [0.2, 0.25) is 5.91 Å². The lowest BCUT2D eigenvalue weighted by atomic mass is 10.0. The number of amides is 1. The minimum Gasteiger partial charge on any atom is -0.494 e. The van der Waals surface area contributed by atoms with Gasteiger partial charge >= 0.3 is 0 Å². The number of methoxy groups -OCH3 is 1. The molecule has 1 heterocycles. The molecule has 2 rings (SSSR count). The molecule has 0 bridgehead atoms. The third-order valence-corrected chi connectivity index (χ3v) is 3.42. The minimum absolute atomic E-state index is 0.0684. The Hall–Kier alpha value is -1.55. The number of nitrogens with zero attached hydrogens (tertiary/aromatic N) is 1. The van der Waals surface area contributed by atoms with Gasteiger partial charge in [0.1, 0.15) is 12.4 Å². The van der Waals surface area contributed by atoms with Crippen LogP contribution in [0.15, 0.2) is 24.3 Å². The Morgan fingerprint density at radius 3 is 2.74 bits per heavy atom. The summed E-state index contributed by atoms with van der Waals surface area (Å²) in [4.78, 5) is 13.9. The summed E-state index contributed by atoms with van der Waals surface area (Å²) >= 11 is 0. The third-order valence-electron chi connectivity index (χ3n) is 3.42.